The van der Waals surface area contributed by atoms with Gasteiger partial charge in [-0.3, -0.25) is 19.9 Å². The molecule has 7 heteroatoms. The van der Waals surface area contributed by atoms with E-state index in [0.717, 1.165) is 70.1 Å². The Kier molecular flexibility index (Phi) is 4.87. The zero-order chi connectivity index (χ0) is 22.2. The van der Waals surface area contributed by atoms with E-state index in [9.17, 15) is 4.79 Å². The van der Waals surface area contributed by atoms with Gasteiger partial charge in [-0.1, -0.05) is 37.5 Å². The highest BCUT2D eigenvalue weighted by atomic mass is 16.1. The SMILES string of the molecule is O=C(Nc1cncc(-c2cc3c(-c4cc5ccccc5[nH]4)n[nH]c3cn2)c1)C1CCCCC1. The Morgan fingerprint density at radius 3 is 2.73 bits per heavy atom. The average Bonchev–Trinajstić information content (AvgIpc) is 3.48. The van der Waals surface area contributed by atoms with Crippen LogP contribution in [0.2, 0.25) is 0 Å². The van der Waals surface area contributed by atoms with Crippen LogP contribution >= 0.6 is 0 Å². The largest absolute Gasteiger partial charge is 0.353 e. The molecule has 33 heavy (non-hydrogen) atoms. The smallest absolute Gasteiger partial charge is 0.227 e. The van der Waals surface area contributed by atoms with Gasteiger partial charge in [-0.25, -0.2) is 0 Å². The third-order valence-electron chi connectivity index (χ3n) is 6.51. The number of para-hydroxylation sites is 1. The van der Waals surface area contributed by atoms with E-state index in [1.165, 1.54) is 6.42 Å². The molecule has 0 saturated heterocycles. The van der Waals surface area contributed by atoms with Crippen LogP contribution in [0.4, 0.5) is 5.69 Å². The predicted molar refractivity (Wildman–Crippen MR) is 130 cm³/mol. The standard InChI is InChI=1S/C26H24N6O/c33-26(16-6-2-1-3-7-16)29-19-10-18(13-27-14-19)22-12-20-24(15-28-22)31-32-25(20)23-11-17-8-4-5-9-21(17)30-23/h4-5,8-16,30H,1-3,6-7H2,(H,29,33)(H,31,32). The zero-order valence-corrected chi connectivity index (χ0v) is 18.1. The molecule has 164 valence electrons. The third-order valence-corrected chi connectivity index (χ3v) is 6.51. The van der Waals surface area contributed by atoms with Crippen molar-refractivity contribution < 1.29 is 4.79 Å². The highest BCUT2D eigenvalue weighted by Crippen LogP contribution is 2.31. The Balaban J connectivity index is 1.32. The Hall–Kier alpha value is -4.00. The van der Waals surface area contributed by atoms with E-state index in [1.807, 2.05) is 24.3 Å². The van der Waals surface area contributed by atoms with Gasteiger partial charge in [0.05, 0.1) is 35.0 Å². The maximum atomic E-state index is 12.7. The van der Waals surface area contributed by atoms with E-state index in [2.05, 4.69) is 48.7 Å². The molecule has 5 aromatic rings. The summed E-state index contributed by atoms with van der Waals surface area (Å²) >= 11 is 0. The number of rotatable bonds is 4. The number of H-pyrrole nitrogens is 2. The number of pyridine rings is 2. The zero-order valence-electron chi connectivity index (χ0n) is 18.1. The van der Waals surface area contributed by atoms with Gasteiger partial charge in [0.15, 0.2) is 0 Å². The van der Waals surface area contributed by atoms with Crippen LogP contribution in [0.25, 0.3) is 44.5 Å². The molecule has 0 unspecified atom stereocenters. The molecule has 1 saturated carbocycles. The van der Waals surface area contributed by atoms with Crippen LogP contribution in [0.3, 0.4) is 0 Å². The van der Waals surface area contributed by atoms with Gasteiger partial charge in [0.1, 0.15) is 5.69 Å². The lowest BCUT2D eigenvalue weighted by Crippen LogP contribution is -2.24. The number of amides is 1. The van der Waals surface area contributed by atoms with Crippen molar-refractivity contribution in [2.75, 3.05) is 5.32 Å². The topological polar surface area (TPSA) is 99.4 Å². The van der Waals surface area contributed by atoms with E-state index in [0.29, 0.717) is 5.69 Å². The summed E-state index contributed by atoms with van der Waals surface area (Å²) < 4.78 is 0. The molecule has 6 rings (SSSR count). The number of nitrogens with one attached hydrogen (secondary N) is 3. The number of hydrogen-bond acceptors (Lipinski definition) is 4. The fourth-order valence-electron chi connectivity index (χ4n) is 4.74. The number of nitrogens with zero attached hydrogens (tertiary/aromatic N) is 3. The summed E-state index contributed by atoms with van der Waals surface area (Å²) in [6.45, 7) is 0. The van der Waals surface area contributed by atoms with Crippen LogP contribution in [-0.2, 0) is 4.79 Å². The maximum absolute atomic E-state index is 12.7. The summed E-state index contributed by atoms with van der Waals surface area (Å²) in [6, 6.07) is 14.2. The monoisotopic (exact) mass is 436 g/mol. The summed E-state index contributed by atoms with van der Waals surface area (Å²) in [5.41, 5.74) is 6.06. The van der Waals surface area contributed by atoms with Crippen molar-refractivity contribution in [1.82, 2.24) is 25.1 Å². The number of hydrogen-bond donors (Lipinski definition) is 3. The number of fused-ring (bicyclic) bond motifs is 2. The number of anilines is 1. The summed E-state index contributed by atoms with van der Waals surface area (Å²) in [5, 5.41) is 12.8. The van der Waals surface area contributed by atoms with Crippen molar-refractivity contribution in [2.24, 2.45) is 5.92 Å². The molecule has 1 aliphatic rings. The van der Waals surface area contributed by atoms with Crippen molar-refractivity contribution >= 4 is 33.4 Å². The summed E-state index contributed by atoms with van der Waals surface area (Å²) in [5.74, 6) is 0.190. The molecule has 0 aliphatic heterocycles. The van der Waals surface area contributed by atoms with Crippen LogP contribution in [0.5, 0.6) is 0 Å². The molecule has 1 amide bonds. The third kappa shape index (κ3) is 3.75. The minimum absolute atomic E-state index is 0.0907. The number of carbonyl (C=O) groups excluding carboxylic acids is 1. The van der Waals surface area contributed by atoms with Crippen LogP contribution in [0.1, 0.15) is 32.1 Å². The molecule has 0 radical (unpaired) electrons. The molecule has 1 fully saturated rings. The van der Waals surface area contributed by atoms with Gasteiger partial charge < -0.3 is 10.3 Å². The summed E-state index contributed by atoms with van der Waals surface area (Å²) in [4.78, 5) is 25.1. The Morgan fingerprint density at radius 1 is 0.970 bits per heavy atom. The van der Waals surface area contributed by atoms with E-state index >= 15 is 0 Å². The van der Waals surface area contributed by atoms with Gasteiger partial charge in [-0.15, -0.1) is 0 Å². The van der Waals surface area contributed by atoms with E-state index < -0.39 is 0 Å². The van der Waals surface area contributed by atoms with Gasteiger partial charge in [-0.05, 0) is 37.1 Å². The number of carbonyl (C=O) groups is 1. The highest BCUT2D eigenvalue weighted by molar-refractivity contribution is 5.97. The first-order valence-electron chi connectivity index (χ1n) is 11.4. The first-order chi connectivity index (χ1) is 16.2. The van der Waals surface area contributed by atoms with Crippen LogP contribution in [0.15, 0.2) is 61.1 Å². The quantitative estimate of drug-likeness (QED) is 0.337. The van der Waals surface area contributed by atoms with Crippen molar-refractivity contribution in [3.05, 3.63) is 61.1 Å². The lowest BCUT2D eigenvalue weighted by atomic mass is 9.88. The van der Waals surface area contributed by atoms with Gasteiger partial charge in [-0.2, -0.15) is 5.10 Å². The Bertz CT molecular complexity index is 1430. The molecule has 1 aromatic carbocycles. The van der Waals surface area contributed by atoms with Gasteiger partial charge >= 0.3 is 0 Å². The van der Waals surface area contributed by atoms with Gasteiger partial charge in [0.2, 0.25) is 5.91 Å². The second-order valence-electron chi connectivity index (χ2n) is 8.74. The van der Waals surface area contributed by atoms with Crippen molar-refractivity contribution in [2.45, 2.75) is 32.1 Å². The Labute approximate surface area is 190 Å². The minimum Gasteiger partial charge on any atom is -0.353 e. The van der Waals surface area contributed by atoms with Crippen molar-refractivity contribution in [1.29, 1.82) is 0 Å². The summed E-state index contributed by atoms with van der Waals surface area (Å²) in [7, 11) is 0. The fraction of sp³-hybridized carbons (Fsp3) is 0.231. The number of aromatic amines is 2. The van der Waals surface area contributed by atoms with Crippen LogP contribution in [0, 0.1) is 5.92 Å². The fourth-order valence-corrected chi connectivity index (χ4v) is 4.74. The van der Waals surface area contributed by atoms with Crippen molar-refractivity contribution in [3.63, 3.8) is 0 Å². The molecule has 3 N–H and O–H groups in total. The predicted octanol–water partition coefficient (Wildman–Crippen LogP) is 5.69. The molecule has 4 heterocycles. The highest BCUT2D eigenvalue weighted by Gasteiger charge is 2.21. The van der Waals surface area contributed by atoms with Crippen LogP contribution in [-0.4, -0.2) is 31.1 Å². The normalized spacial score (nSPS) is 14.7. The molecular formula is C26H24N6O. The van der Waals surface area contributed by atoms with Crippen LogP contribution < -0.4 is 5.32 Å². The van der Waals surface area contributed by atoms with Crippen molar-refractivity contribution in [3.8, 4) is 22.6 Å². The van der Waals surface area contributed by atoms with E-state index in [4.69, 9.17) is 0 Å². The molecule has 4 aromatic heterocycles. The Morgan fingerprint density at radius 2 is 1.85 bits per heavy atom. The first-order valence-corrected chi connectivity index (χ1v) is 11.4. The lowest BCUT2D eigenvalue weighted by molar-refractivity contribution is -0.120. The van der Waals surface area contributed by atoms with E-state index in [1.54, 1.807) is 18.6 Å². The second kappa shape index (κ2) is 8.16. The minimum atomic E-state index is 0.0907. The maximum Gasteiger partial charge on any atom is 0.227 e. The van der Waals surface area contributed by atoms with Gasteiger partial charge in [0.25, 0.3) is 0 Å². The number of aromatic nitrogens is 5. The molecule has 1 aliphatic carbocycles. The van der Waals surface area contributed by atoms with Gasteiger partial charge in [0, 0.05) is 34.0 Å². The second-order valence-corrected chi connectivity index (χ2v) is 8.74. The molecule has 0 bridgehead atoms. The first kappa shape index (κ1) is 19.7. The number of benzene rings is 1. The molecule has 0 atom stereocenters. The lowest BCUT2D eigenvalue weighted by Gasteiger charge is -2.20. The molecule has 7 nitrogen and oxygen atoms in total. The molecule has 0 spiro atoms. The van der Waals surface area contributed by atoms with E-state index in [-0.39, 0.29) is 11.8 Å². The average molecular weight is 437 g/mol. The summed E-state index contributed by atoms with van der Waals surface area (Å²) in [6.07, 6.45) is 10.7. The molecular weight excluding hydrogens is 412 g/mol.